The van der Waals surface area contributed by atoms with E-state index < -0.39 is 0 Å². The van der Waals surface area contributed by atoms with E-state index >= 15 is 0 Å². The molecule has 0 aliphatic carbocycles. The molecule has 2 bridgehead atoms. The molecule has 0 aromatic heterocycles. The molecule has 0 radical (unpaired) electrons. The quantitative estimate of drug-likeness (QED) is 0.769. The fraction of sp³-hybridized carbons (Fsp3) is 0.550. The van der Waals surface area contributed by atoms with Crippen LogP contribution in [0.15, 0.2) is 24.3 Å². The number of hydrogen-bond acceptors (Lipinski definition) is 4. The number of benzene rings is 1. The summed E-state index contributed by atoms with van der Waals surface area (Å²) in [4.78, 5) is 42.4. The molecule has 0 saturated carbocycles. The molecule has 4 rings (SSSR count). The lowest BCUT2D eigenvalue weighted by molar-refractivity contribution is -0.145. The molecule has 3 amide bonds. The summed E-state index contributed by atoms with van der Waals surface area (Å²) in [6.07, 6.45) is 1.58. The molecular formula is C20H27N3O4. The topological polar surface area (TPSA) is 70.2 Å². The Balaban J connectivity index is 1.65. The van der Waals surface area contributed by atoms with Crippen LogP contribution in [0.25, 0.3) is 0 Å². The molecule has 7 nitrogen and oxygen atoms in total. The summed E-state index contributed by atoms with van der Waals surface area (Å²) in [6, 6.07) is 7.46. The zero-order chi connectivity index (χ0) is 19.6. The Labute approximate surface area is 159 Å². The molecule has 146 valence electrons. The first-order valence-electron chi connectivity index (χ1n) is 9.33. The van der Waals surface area contributed by atoms with E-state index in [0.717, 1.165) is 18.4 Å². The maximum Gasteiger partial charge on any atom is 0.260 e. The van der Waals surface area contributed by atoms with Gasteiger partial charge in [0.05, 0.1) is 5.92 Å². The first kappa shape index (κ1) is 19.2. The molecule has 3 aliphatic rings. The molecule has 3 aliphatic heterocycles. The van der Waals surface area contributed by atoms with Crippen LogP contribution in [-0.2, 0) is 14.4 Å². The summed E-state index contributed by atoms with van der Waals surface area (Å²) >= 11 is 0. The number of piperidine rings is 1. The highest BCUT2D eigenvalue weighted by atomic mass is 16.5. The smallest absolute Gasteiger partial charge is 0.260 e. The number of hydrogen-bond donors (Lipinski definition) is 0. The maximum absolute atomic E-state index is 12.7. The molecule has 0 N–H and O–H groups in total. The van der Waals surface area contributed by atoms with Crippen molar-refractivity contribution in [3.63, 3.8) is 0 Å². The molecule has 0 unspecified atom stereocenters. The van der Waals surface area contributed by atoms with Gasteiger partial charge in [0.1, 0.15) is 12.3 Å². The molecule has 3 fully saturated rings. The molecule has 1 aromatic rings. The largest absolute Gasteiger partial charge is 0.484 e. The van der Waals surface area contributed by atoms with E-state index in [1.54, 1.807) is 23.9 Å². The summed E-state index contributed by atoms with van der Waals surface area (Å²) in [5, 5.41) is 0. The highest BCUT2D eigenvalue weighted by molar-refractivity contribution is 5.88. The Kier molecular flexibility index (Phi) is 5.68. The van der Waals surface area contributed by atoms with E-state index in [-0.39, 0.29) is 42.8 Å². The van der Waals surface area contributed by atoms with Crippen LogP contribution in [0.4, 0.5) is 0 Å². The van der Waals surface area contributed by atoms with Crippen LogP contribution in [0, 0.1) is 12.8 Å². The predicted molar refractivity (Wildman–Crippen MR) is 100 cm³/mol. The zero-order valence-corrected chi connectivity index (χ0v) is 16.2. The molecule has 7 heteroatoms. The third-order valence-electron chi connectivity index (χ3n) is 5.40. The minimum absolute atomic E-state index is 0.0171. The summed E-state index contributed by atoms with van der Waals surface area (Å²) < 4.78 is 5.68. The molecule has 3 saturated heterocycles. The SMILES string of the molecule is Cc1ccccc1OCC(=O)N1C[C@@H]2CC[C@H](C1)N(CC(=O)N(C)C)C2=O. The first-order valence-corrected chi connectivity index (χ1v) is 9.33. The zero-order valence-electron chi connectivity index (χ0n) is 16.2. The van der Waals surface area contributed by atoms with Crippen LogP contribution in [0.3, 0.4) is 0 Å². The van der Waals surface area contributed by atoms with Gasteiger partial charge >= 0.3 is 0 Å². The number of likely N-dealkylation sites (N-methyl/N-ethyl adjacent to an activating group) is 1. The molecule has 1 aromatic carbocycles. The van der Waals surface area contributed by atoms with Gasteiger partial charge < -0.3 is 19.4 Å². The van der Waals surface area contributed by atoms with Crippen LogP contribution in [0.1, 0.15) is 18.4 Å². The van der Waals surface area contributed by atoms with Crippen LogP contribution < -0.4 is 4.74 Å². The van der Waals surface area contributed by atoms with Crippen molar-refractivity contribution in [3.8, 4) is 5.75 Å². The van der Waals surface area contributed by atoms with E-state index in [9.17, 15) is 14.4 Å². The Morgan fingerprint density at radius 1 is 1.19 bits per heavy atom. The summed E-state index contributed by atoms with van der Waals surface area (Å²) in [6.45, 7) is 2.82. The number of aryl methyl sites for hydroxylation is 1. The van der Waals surface area contributed by atoms with Crippen molar-refractivity contribution in [1.82, 2.24) is 14.7 Å². The van der Waals surface area contributed by atoms with Gasteiger partial charge in [-0.05, 0) is 31.4 Å². The number of ether oxygens (including phenoxy) is 1. The third kappa shape index (κ3) is 4.23. The van der Waals surface area contributed by atoms with Crippen molar-refractivity contribution in [3.05, 3.63) is 29.8 Å². The van der Waals surface area contributed by atoms with E-state index in [4.69, 9.17) is 4.74 Å². The van der Waals surface area contributed by atoms with Gasteiger partial charge in [0.15, 0.2) is 6.61 Å². The maximum atomic E-state index is 12.7. The van der Waals surface area contributed by atoms with Crippen LogP contribution in [-0.4, -0.2) is 78.8 Å². The number of carbonyl (C=O) groups excluding carboxylic acids is 3. The van der Waals surface area contributed by atoms with Gasteiger partial charge in [0.2, 0.25) is 11.8 Å². The summed E-state index contributed by atoms with van der Waals surface area (Å²) in [5.41, 5.74) is 0.977. The lowest BCUT2D eigenvalue weighted by Gasteiger charge is -2.35. The Bertz CT molecular complexity index is 734. The standard InChI is InChI=1S/C20H27N3O4/c1-14-6-4-5-7-17(14)27-13-19(25)22-10-15-8-9-16(11-22)23(20(15)26)12-18(24)21(2)3/h4-7,15-16H,8-13H2,1-3H3/t15-,16+/m0/s1. The molecular weight excluding hydrogens is 346 g/mol. The first-order chi connectivity index (χ1) is 12.9. The van der Waals surface area contributed by atoms with Crippen LogP contribution in [0.5, 0.6) is 5.75 Å². The fourth-order valence-electron chi connectivity index (χ4n) is 3.69. The van der Waals surface area contributed by atoms with Gasteiger partial charge in [-0.25, -0.2) is 0 Å². The van der Waals surface area contributed by atoms with Gasteiger partial charge in [0.25, 0.3) is 5.91 Å². The lowest BCUT2D eigenvalue weighted by atomic mass is 9.94. The average Bonchev–Trinajstić information content (AvgIpc) is 2.93. The summed E-state index contributed by atoms with van der Waals surface area (Å²) in [7, 11) is 3.36. The Hall–Kier alpha value is -2.57. The monoisotopic (exact) mass is 373 g/mol. The van der Waals surface area contributed by atoms with Crippen molar-refractivity contribution >= 4 is 17.7 Å². The predicted octanol–water partition coefficient (Wildman–Crippen LogP) is 0.911. The van der Waals surface area contributed by atoms with Gasteiger partial charge in [-0.15, -0.1) is 0 Å². The highest BCUT2D eigenvalue weighted by Crippen LogP contribution is 2.29. The van der Waals surface area contributed by atoms with Gasteiger partial charge in [-0.2, -0.15) is 0 Å². The number of amides is 3. The highest BCUT2D eigenvalue weighted by Gasteiger charge is 2.42. The number of nitrogens with zero attached hydrogens (tertiary/aromatic N) is 3. The van der Waals surface area contributed by atoms with Crippen LogP contribution >= 0.6 is 0 Å². The minimum Gasteiger partial charge on any atom is -0.484 e. The number of rotatable bonds is 5. The normalized spacial score (nSPS) is 21.8. The number of fused-ring (bicyclic) bond motifs is 4. The van der Waals surface area contributed by atoms with Gasteiger partial charge in [-0.1, -0.05) is 18.2 Å². The number of para-hydroxylation sites is 1. The summed E-state index contributed by atoms with van der Waals surface area (Å²) in [5.74, 6) is 0.219. The van der Waals surface area contributed by atoms with Gasteiger partial charge in [0, 0.05) is 33.2 Å². The van der Waals surface area contributed by atoms with E-state index in [0.29, 0.717) is 18.8 Å². The molecule has 27 heavy (non-hydrogen) atoms. The second-order valence-electron chi connectivity index (χ2n) is 7.54. The minimum atomic E-state index is -0.235. The van der Waals surface area contributed by atoms with E-state index in [1.807, 2.05) is 31.2 Å². The fourth-order valence-corrected chi connectivity index (χ4v) is 3.69. The number of carbonyl (C=O) groups is 3. The molecule has 3 heterocycles. The Morgan fingerprint density at radius 3 is 2.63 bits per heavy atom. The third-order valence-corrected chi connectivity index (χ3v) is 5.40. The van der Waals surface area contributed by atoms with Crippen molar-refractivity contribution in [2.45, 2.75) is 25.8 Å². The lowest BCUT2D eigenvalue weighted by Crippen LogP contribution is -2.51. The van der Waals surface area contributed by atoms with Crippen molar-refractivity contribution in [1.29, 1.82) is 0 Å². The Morgan fingerprint density at radius 2 is 1.93 bits per heavy atom. The second-order valence-corrected chi connectivity index (χ2v) is 7.54. The van der Waals surface area contributed by atoms with Crippen molar-refractivity contribution < 1.29 is 19.1 Å². The molecule has 2 atom stereocenters. The van der Waals surface area contributed by atoms with Crippen molar-refractivity contribution in [2.75, 3.05) is 40.3 Å². The van der Waals surface area contributed by atoms with Crippen molar-refractivity contribution in [2.24, 2.45) is 5.92 Å². The molecule has 0 spiro atoms. The van der Waals surface area contributed by atoms with Crippen LogP contribution in [0.2, 0.25) is 0 Å². The van der Waals surface area contributed by atoms with Gasteiger partial charge in [-0.3, -0.25) is 14.4 Å². The second kappa shape index (κ2) is 7.98. The van der Waals surface area contributed by atoms with E-state index in [1.165, 1.54) is 4.90 Å². The average molecular weight is 373 g/mol. The van der Waals surface area contributed by atoms with E-state index in [2.05, 4.69) is 0 Å².